The highest BCUT2D eigenvalue weighted by Gasteiger charge is 2.34. The summed E-state index contributed by atoms with van der Waals surface area (Å²) in [5, 5.41) is 0. The Kier molecular flexibility index (Phi) is 5.93. The molecule has 0 N–H and O–H groups in total. The Morgan fingerprint density at radius 2 is 1.50 bits per heavy atom. The van der Waals surface area contributed by atoms with Crippen molar-refractivity contribution in [3.05, 3.63) is 36.0 Å². The number of carbonyl (C=O) groups excluding carboxylic acids is 2. The zero-order chi connectivity index (χ0) is 16.1. The minimum atomic E-state index is 0.0932. The van der Waals surface area contributed by atoms with Crippen molar-refractivity contribution >= 4 is 11.6 Å². The van der Waals surface area contributed by atoms with Crippen LogP contribution >= 0.6 is 0 Å². The molecule has 0 unspecified atom stereocenters. The van der Waals surface area contributed by atoms with E-state index < -0.39 is 0 Å². The molecule has 0 radical (unpaired) electrons. The molecule has 2 heteroatoms. The van der Waals surface area contributed by atoms with E-state index >= 15 is 0 Å². The van der Waals surface area contributed by atoms with E-state index in [4.69, 9.17) is 0 Å². The van der Waals surface area contributed by atoms with Gasteiger partial charge >= 0.3 is 0 Å². The molecule has 0 aromatic heterocycles. The normalized spacial score (nSPS) is 27.2. The van der Waals surface area contributed by atoms with Crippen LogP contribution in [0.15, 0.2) is 36.0 Å². The predicted molar refractivity (Wildman–Crippen MR) is 90.5 cm³/mol. The Balaban J connectivity index is 1.96. The van der Waals surface area contributed by atoms with Crippen molar-refractivity contribution in [1.29, 1.82) is 0 Å². The topological polar surface area (TPSA) is 34.1 Å². The number of hydrogen-bond donors (Lipinski definition) is 0. The zero-order valence-electron chi connectivity index (χ0n) is 13.9. The van der Waals surface area contributed by atoms with Crippen LogP contribution < -0.4 is 0 Å². The maximum absolute atomic E-state index is 12.4. The van der Waals surface area contributed by atoms with Crippen LogP contribution in [0, 0.1) is 17.8 Å². The van der Waals surface area contributed by atoms with Crippen LogP contribution in [0.3, 0.4) is 0 Å². The molecule has 0 bridgehead atoms. The van der Waals surface area contributed by atoms with E-state index in [-0.39, 0.29) is 11.7 Å². The van der Waals surface area contributed by atoms with Gasteiger partial charge in [0.15, 0.2) is 5.78 Å². The maximum Gasteiger partial charge on any atom is 0.159 e. The first kappa shape index (κ1) is 16.9. The first-order valence-corrected chi connectivity index (χ1v) is 8.61. The Labute approximate surface area is 134 Å². The molecule has 0 atom stereocenters. The van der Waals surface area contributed by atoms with Crippen molar-refractivity contribution < 1.29 is 9.59 Å². The molecule has 2 fully saturated rings. The standard InChI is InChI=1S/C20H28O2/c1-4-15(14(3)21)13-16(5-2)17-9-11-19(12-10-17)20(22)18-7-6-8-18/h4-5,13,17-19H,2,6-12H2,1,3H3/b15-4+,16-13+. The number of Topliss-reactive ketones (excluding diaryl/α,β-unsaturated/α-hetero) is 2. The van der Waals surface area contributed by atoms with Crippen molar-refractivity contribution in [3.8, 4) is 0 Å². The van der Waals surface area contributed by atoms with E-state index in [1.54, 1.807) is 6.92 Å². The summed E-state index contributed by atoms with van der Waals surface area (Å²) in [4.78, 5) is 23.9. The summed E-state index contributed by atoms with van der Waals surface area (Å²) in [7, 11) is 0. The predicted octanol–water partition coefficient (Wildman–Crippen LogP) is 4.81. The number of carbonyl (C=O) groups is 2. The molecule has 0 aromatic carbocycles. The van der Waals surface area contributed by atoms with Crippen LogP contribution in [-0.2, 0) is 9.59 Å². The summed E-state index contributed by atoms with van der Waals surface area (Å²) in [6.45, 7) is 7.40. The van der Waals surface area contributed by atoms with E-state index in [9.17, 15) is 9.59 Å². The second-order valence-corrected chi connectivity index (χ2v) is 6.73. The fraction of sp³-hybridized carbons (Fsp3) is 0.600. The summed E-state index contributed by atoms with van der Waals surface area (Å²) < 4.78 is 0. The summed E-state index contributed by atoms with van der Waals surface area (Å²) in [5.74, 6) is 1.70. The van der Waals surface area contributed by atoms with Gasteiger partial charge in [0.25, 0.3) is 0 Å². The van der Waals surface area contributed by atoms with Crippen molar-refractivity contribution in [2.75, 3.05) is 0 Å². The van der Waals surface area contributed by atoms with Gasteiger partial charge in [-0.25, -0.2) is 0 Å². The molecule has 2 saturated carbocycles. The van der Waals surface area contributed by atoms with E-state index in [2.05, 4.69) is 6.58 Å². The molecule has 2 nitrogen and oxygen atoms in total. The van der Waals surface area contributed by atoms with E-state index in [0.717, 1.165) is 49.7 Å². The van der Waals surface area contributed by atoms with Crippen molar-refractivity contribution in [2.24, 2.45) is 17.8 Å². The number of rotatable bonds is 6. The number of allylic oxidation sites excluding steroid dienone is 5. The average molecular weight is 300 g/mol. The Hall–Kier alpha value is -1.44. The first-order valence-electron chi connectivity index (χ1n) is 8.61. The van der Waals surface area contributed by atoms with Gasteiger partial charge in [-0.3, -0.25) is 9.59 Å². The summed E-state index contributed by atoms with van der Waals surface area (Å²) in [5.41, 5.74) is 1.90. The van der Waals surface area contributed by atoms with Crippen molar-refractivity contribution in [2.45, 2.75) is 58.8 Å². The lowest BCUT2D eigenvalue weighted by Crippen LogP contribution is -2.31. The fourth-order valence-corrected chi connectivity index (χ4v) is 3.65. The van der Waals surface area contributed by atoms with Gasteiger partial charge in [0.1, 0.15) is 5.78 Å². The van der Waals surface area contributed by atoms with Gasteiger partial charge in [-0.1, -0.05) is 25.2 Å². The van der Waals surface area contributed by atoms with Gasteiger partial charge in [-0.05, 0) is 69.9 Å². The molecule has 22 heavy (non-hydrogen) atoms. The van der Waals surface area contributed by atoms with E-state index in [1.165, 1.54) is 6.42 Å². The van der Waals surface area contributed by atoms with Gasteiger partial charge in [-0.15, -0.1) is 0 Å². The molecular weight excluding hydrogens is 272 g/mol. The molecule has 0 aliphatic heterocycles. The van der Waals surface area contributed by atoms with Crippen LogP contribution in [0.2, 0.25) is 0 Å². The largest absolute Gasteiger partial charge is 0.299 e. The van der Waals surface area contributed by atoms with Gasteiger partial charge in [0.05, 0.1) is 0 Å². The molecule has 2 rings (SSSR count). The van der Waals surface area contributed by atoms with Gasteiger partial charge in [-0.2, -0.15) is 0 Å². The lowest BCUT2D eigenvalue weighted by atomic mass is 9.70. The zero-order valence-corrected chi connectivity index (χ0v) is 13.9. The maximum atomic E-state index is 12.4. The third-order valence-electron chi connectivity index (χ3n) is 5.38. The highest BCUT2D eigenvalue weighted by molar-refractivity contribution is 5.96. The molecule has 0 spiro atoms. The summed E-state index contributed by atoms with van der Waals surface area (Å²) >= 11 is 0. The first-order chi connectivity index (χ1) is 10.6. The Morgan fingerprint density at radius 3 is 1.91 bits per heavy atom. The number of ketones is 2. The van der Waals surface area contributed by atoms with Crippen LogP contribution in [0.1, 0.15) is 58.8 Å². The number of hydrogen-bond acceptors (Lipinski definition) is 2. The SMILES string of the molecule is C=C/C(=C\C(=C/C)C(C)=O)C1CCC(C(=O)C2CCC2)CC1. The van der Waals surface area contributed by atoms with Crippen LogP contribution in [0.5, 0.6) is 0 Å². The highest BCUT2D eigenvalue weighted by Crippen LogP contribution is 2.38. The minimum Gasteiger partial charge on any atom is -0.299 e. The van der Waals surface area contributed by atoms with Gasteiger partial charge < -0.3 is 0 Å². The monoisotopic (exact) mass is 300 g/mol. The lowest BCUT2D eigenvalue weighted by molar-refractivity contribution is -0.130. The van der Waals surface area contributed by atoms with Crippen LogP contribution in [-0.4, -0.2) is 11.6 Å². The second-order valence-electron chi connectivity index (χ2n) is 6.73. The fourth-order valence-electron chi connectivity index (χ4n) is 3.65. The molecule has 0 heterocycles. The van der Waals surface area contributed by atoms with Crippen LogP contribution in [0.4, 0.5) is 0 Å². The smallest absolute Gasteiger partial charge is 0.159 e. The second kappa shape index (κ2) is 7.71. The third-order valence-corrected chi connectivity index (χ3v) is 5.38. The average Bonchev–Trinajstić information content (AvgIpc) is 2.46. The van der Waals surface area contributed by atoms with Crippen molar-refractivity contribution in [3.63, 3.8) is 0 Å². The minimum absolute atomic E-state index is 0.0932. The van der Waals surface area contributed by atoms with Gasteiger partial charge in [0, 0.05) is 17.4 Å². The molecule has 2 aliphatic rings. The van der Waals surface area contributed by atoms with E-state index in [0.29, 0.717) is 17.6 Å². The summed E-state index contributed by atoms with van der Waals surface area (Å²) in [6.07, 6.45) is 13.2. The molecular formula is C20H28O2. The molecule has 120 valence electrons. The van der Waals surface area contributed by atoms with Crippen molar-refractivity contribution in [1.82, 2.24) is 0 Å². The van der Waals surface area contributed by atoms with Gasteiger partial charge in [0.2, 0.25) is 0 Å². The lowest BCUT2D eigenvalue weighted by Gasteiger charge is -2.33. The van der Waals surface area contributed by atoms with E-state index in [1.807, 2.05) is 25.2 Å². The molecule has 2 aliphatic carbocycles. The molecule has 0 amide bonds. The quantitative estimate of drug-likeness (QED) is 0.521. The molecule has 0 aromatic rings. The summed E-state index contributed by atoms with van der Waals surface area (Å²) in [6, 6.07) is 0. The third kappa shape index (κ3) is 3.85. The Bertz CT molecular complexity index is 498. The molecule has 0 saturated heterocycles. The van der Waals surface area contributed by atoms with Crippen LogP contribution in [0.25, 0.3) is 0 Å². The highest BCUT2D eigenvalue weighted by atomic mass is 16.1. The Morgan fingerprint density at radius 1 is 0.955 bits per heavy atom.